The molecule has 2 aromatic rings. The van der Waals surface area contributed by atoms with Gasteiger partial charge in [0.2, 0.25) is 0 Å². The minimum atomic E-state index is 0.360. The summed E-state index contributed by atoms with van der Waals surface area (Å²) in [5, 5.41) is 3.48. The lowest BCUT2D eigenvalue weighted by molar-refractivity contribution is 0.110. The highest BCUT2D eigenvalue weighted by Crippen LogP contribution is 2.29. The van der Waals surface area contributed by atoms with Crippen LogP contribution in [0.3, 0.4) is 0 Å². The fourth-order valence-electron chi connectivity index (χ4n) is 3.20. The number of rotatable bonds is 9. The maximum absolute atomic E-state index is 6.01. The Labute approximate surface area is 156 Å². The Morgan fingerprint density at radius 2 is 2.00 bits per heavy atom. The molecule has 0 radical (unpaired) electrons. The van der Waals surface area contributed by atoms with E-state index in [0.29, 0.717) is 19.3 Å². The zero-order valence-electron chi connectivity index (χ0n) is 15.8. The molecule has 0 saturated carbocycles. The van der Waals surface area contributed by atoms with Gasteiger partial charge in [0.25, 0.3) is 0 Å². The lowest BCUT2D eigenvalue weighted by Crippen LogP contribution is -2.25. The van der Waals surface area contributed by atoms with Gasteiger partial charge in [-0.15, -0.1) is 0 Å². The molecule has 1 aliphatic rings. The minimum absolute atomic E-state index is 0.360. The number of nitrogens with one attached hydrogen (secondary N) is 1. The third-order valence-electron chi connectivity index (χ3n) is 4.51. The highest BCUT2D eigenvalue weighted by molar-refractivity contribution is 5.43. The normalized spacial score (nSPS) is 16.6. The van der Waals surface area contributed by atoms with E-state index in [1.165, 1.54) is 17.5 Å². The Morgan fingerprint density at radius 3 is 2.77 bits per heavy atom. The number of aryl methyl sites for hydroxylation is 1. The zero-order chi connectivity index (χ0) is 18.2. The molecule has 1 aliphatic heterocycles. The van der Waals surface area contributed by atoms with Crippen molar-refractivity contribution >= 4 is 0 Å². The molecule has 0 aromatic heterocycles. The van der Waals surface area contributed by atoms with Crippen molar-refractivity contribution in [2.45, 2.75) is 45.9 Å². The SMILES string of the molecule is CCOc1cc(CNCC2CCCO2)ccc1OCc1cccc(C)c1. The van der Waals surface area contributed by atoms with Crippen LogP contribution < -0.4 is 14.8 Å². The lowest BCUT2D eigenvalue weighted by Gasteiger charge is -2.15. The van der Waals surface area contributed by atoms with Gasteiger partial charge in [0.05, 0.1) is 12.7 Å². The smallest absolute Gasteiger partial charge is 0.161 e. The van der Waals surface area contributed by atoms with Crippen LogP contribution in [0.5, 0.6) is 11.5 Å². The minimum Gasteiger partial charge on any atom is -0.490 e. The first-order valence-corrected chi connectivity index (χ1v) is 9.51. The fourth-order valence-corrected chi connectivity index (χ4v) is 3.20. The van der Waals surface area contributed by atoms with E-state index in [-0.39, 0.29) is 0 Å². The number of ether oxygens (including phenoxy) is 3. The molecule has 3 rings (SSSR count). The van der Waals surface area contributed by atoms with Crippen molar-refractivity contribution in [2.75, 3.05) is 19.8 Å². The van der Waals surface area contributed by atoms with E-state index in [2.05, 4.69) is 48.6 Å². The summed E-state index contributed by atoms with van der Waals surface area (Å²) in [6, 6.07) is 14.5. The molecular weight excluding hydrogens is 326 g/mol. The molecule has 0 amide bonds. The highest BCUT2D eigenvalue weighted by atomic mass is 16.5. The summed E-state index contributed by atoms with van der Waals surface area (Å²) in [5.41, 5.74) is 3.59. The van der Waals surface area contributed by atoms with Gasteiger partial charge in [0, 0.05) is 19.7 Å². The molecule has 1 fully saturated rings. The van der Waals surface area contributed by atoms with Crippen molar-refractivity contribution in [2.24, 2.45) is 0 Å². The van der Waals surface area contributed by atoms with Crippen LogP contribution in [0.15, 0.2) is 42.5 Å². The quantitative estimate of drug-likeness (QED) is 0.730. The Morgan fingerprint density at radius 1 is 1.08 bits per heavy atom. The van der Waals surface area contributed by atoms with Crippen LogP contribution in [0.4, 0.5) is 0 Å². The van der Waals surface area contributed by atoms with Crippen LogP contribution in [0.1, 0.15) is 36.5 Å². The van der Waals surface area contributed by atoms with E-state index in [1.54, 1.807) is 0 Å². The van der Waals surface area contributed by atoms with Crippen LogP contribution in [0, 0.1) is 6.92 Å². The summed E-state index contributed by atoms with van der Waals surface area (Å²) in [7, 11) is 0. The summed E-state index contributed by atoms with van der Waals surface area (Å²) >= 11 is 0. The second-order valence-corrected chi connectivity index (χ2v) is 6.76. The van der Waals surface area contributed by atoms with Gasteiger partial charge in [-0.2, -0.15) is 0 Å². The molecule has 1 unspecified atom stereocenters. The monoisotopic (exact) mass is 355 g/mol. The molecule has 0 aliphatic carbocycles. The molecule has 0 bridgehead atoms. The topological polar surface area (TPSA) is 39.7 Å². The molecule has 1 N–H and O–H groups in total. The standard InChI is InChI=1S/C22H29NO3/c1-3-24-22-13-18(14-23-15-20-8-5-11-25-20)9-10-21(22)26-16-19-7-4-6-17(2)12-19/h4,6-7,9-10,12-13,20,23H,3,5,8,11,14-16H2,1-2H3. The largest absolute Gasteiger partial charge is 0.490 e. The first-order chi connectivity index (χ1) is 12.7. The Kier molecular flexibility index (Phi) is 6.92. The first-order valence-electron chi connectivity index (χ1n) is 9.51. The molecule has 26 heavy (non-hydrogen) atoms. The van der Waals surface area contributed by atoms with Crippen molar-refractivity contribution < 1.29 is 14.2 Å². The van der Waals surface area contributed by atoms with Crippen LogP contribution in [-0.4, -0.2) is 25.9 Å². The predicted molar refractivity (Wildman–Crippen MR) is 104 cm³/mol. The molecule has 4 heteroatoms. The van der Waals surface area contributed by atoms with Crippen molar-refractivity contribution in [1.29, 1.82) is 0 Å². The average Bonchev–Trinajstić information content (AvgIpc) is 3.15. The van der Waals surface area contributed by atoms with E-state index in [1.807, 2.05) is 13.0 Å². The van der Waals surface area contributed by atoms with E-state index >= 15 is 0 Å². The lowest BCUT2D eigenvalue weighted by atomic mass is 10.1. The van der Waals surface area contributed by atoms with Gasteiger partial charge in [-0.1, -0.05) is 35.9 Å². The highest BCUT2D eigenvalue weighted by Gasteiger charge is 2.14. The van der Waals surface area contributed by atoms with E-state index in [4.69, 9.17) is 14.2 Å². The number of hydrogen-bond acceptors (Lipinski definition) is 4. The number of hydrogen-bond donors (Lipinski definition) is 1. The molecule has 1 heterocycles. The summed E-state index contributed by atoms with van der Waals surface area (Å²) < 4.78 is 17.4. The molecule has 1 saturated heterocycles. The predicted octanol–water partition coefficient (Wildman–Crippen LogP) is 4.24. The van der Waals surface area contributed by atoms with Crippen molar-refractivity contribution in [3.63, 3.8) is 0 Å². The Balaban J connectivity index is 1.58. The average molecular weight is 355 g/mol. The summed E-state index contributed by atoms with van der Waals surface area (Å²) in [6.45, 7) is 7.84. The maximum atomic E-state index is 6.01. The molecule has 0 spiro atoms. The van der Waals surface area contributed by atoms with Gasteiger partial charge in [0.1, 0.15) is 6.61 Å². The third-order valence-corrected chi connectivity index (χ3v) is 4.51. The fraction of sp³-hybridized carbons (Fsp3) is 0.455. The van der Waals surface area contributed by atoms with E-state index < -0.39 is 0 Å². The van der Waals surface area contributed by atoms with Gasteiger partial charge < -0.3 is 19.5 Å². The molecular formula is C22H29NO3. The van der Waals surface area contributed by atoms with Crippen molar-refractivity contribution in [3.05, 3.63) is 59.2 Å². The second kappa shape index (κ2) is 9.60. The second-order valence-electron chi connectivity index (χ2n) is 6.76. The first kappa shape index (κ1) is 18.7. The summed E-state index contributed by atoms with van der Waals surface area (Å²) in [6.07, 6.45) is 2.69. The van der Waals surface area contributed by atoms with Crippen LogP contribution in [-0.2, 0) is 17.9 Å². The summed E-state index contributed by atoms with van der Waals surface area (Å²) in [4.78, 5) is 0. The van der Waals surface area contributed by atoms with Gasteiger partial charge in [-0.05, 0) is 49.9 Å². The van der Waals surface area contributed by atoms with Gasteiger partial charge in [0.15, 0.2) is 11.5 Å². The van der Waals surface area contributed by atoms with Crippen LogP contribution in [0.2, 0.25) is 0 Å². The third kappa shape index (κ3) is 5.48. The van der Waals surface area contributed by atoms with Gasteiger partial charge >= 0.3 is 0 Å². The Hall–Kier alpha value is -2.04. The molecule has 4 nitrogen and oxygen atoms in total. The molecule has 140 valence electrons. The molecule has 2 aromatic carbocycles. The summed E-state index contributed by atoms with van der Waals surface area (Å²) in [5.74, 6) is 1.59. The Bertz CT molecular complexity index is 696. The van der Waals surface area contributed by atoms with E-state index in [9.17, 15) is 0 Å². The van der Waals surface area contributed by atoms with Crippen molar-refractivity contribution in [3.8, 4) is 11.5 Å². The zero-order valence-corrected chi connectivity index (χ0v) is 15.8. The van der Waals surface area contributed by atoms with Gasteiger partial charge in [-0.3, -0.25) is 0 Å². The van der Waals surface area contributed by atoms with Crippen LogP contribution >= 0.6 is 0 Å². The maximum Gasteiger partial charge on any atom is 0.161 e. The molecule has 1 atom stereocenters. The van der Waals surface area contributed by atoms with E-state index in [0.717, 1.165) is 43.2 Å². The number of benzene rings is 2. The van der Waals surface area contributed by atoms with Crippen molar-refractivity contribution in [1.82, 2.24) is 5.32 Å². The van der Waals surface area contributed by atoms with Gasteiger partial charge in [-0.25, -0.2) is 0 Å². The van der Waals surface area contributed by atoms with Crippen LogP contribution in [0.25, 0.3) is 0 Å².